The van der Waals surface area contributed by atoms with Gasteiger partial charge in [-0.25, -0.2) is 0 Å². The summed E-state index contributed by atoms with van der Waals surface area (Å²) in [7, 11) is 0. The molecule has 1 aromatic carbocycles. The molecule has 0 heterocycles. The van der Waals surface area contributed by atoms with Gasteiger partial charge in [-0.1, -0.05) is 26.2 Å². The Kier molecular flexibility index (Phi) is 6.05. The maximum atomic E-state index is 6.35. The Morgan fingerprint density at radius 3 is 2.94 bits per heavy atom. The Labute approximate surface area is 125 Å². The number of benzene rings is 1. The molecule has 1 aromatic rings. The average molecular weight is 417 g/mol. The van der Waals surface area contributed by atoms with Crippen molar-refractivity contribution in [2.75, 3.05) is 0 Å². The van der Waals surface area contributed by atoms with E-state index < -0.39 is 0 Å². The van der Waals surface area contributed by atoms with Gasteiger partial charge in [0.15, 0.2) is 0 Å². The predicted octanol–water partition coefficient (Wildman–Crippen LogP) is 3.81. The largest absolute Gasteiger partial charge is 0.325 e. The first-order chi connectivity index (χ1) is 8.12. The number of aryl methyl sites for hydroxylation is 1. The van der Waals surface area contributed by atoms with E-state index in [9.17, 15) is 0 Å². The first kappa shape index (κ1) is 15.9. The zero-order chi connectivity index (χ0) is 12.3. The van der Waals surface area contributed by atoms with Crippen molar-refractivity contribution in [2.45, 2.75) is 63.8 Å². The summed E-state index contributed by atoms with van der Waals surface area (Å²) in [5, 5.41) is 0. The first-order valence-corrected chi connectivity index (χ1v) is 6.90. The minimum absolute atomic E-state index is 0. The van der Waals surface area contributed by atoms with E-state index in [1.54, 1.807) is 0 Å². The third-order valence-electron chi connectivity index (χ3n) is 4.20. The van der Waals surface area contributed by atoms with Crippen LogP contribution in [0.25, 0.3) is 0 Å². The van der Waals surface area contributed by atoms with E-state index in [1.807, 2.05) is 0 Å². The normalized spacial score (nSPS) is 22.3. The van der Waals surface area contributed by atoms with Crippen LogP contribution in [0.4, 0.5) is 0 Å². The monoisotopic (exact) mass is 417 g/mol. The van der Waals surface area contributed by atoms with Gasteiger partial charge in [0.25, 0.3) is 0 Å². The molecule has 2 N–H and O–H groups in total. The second kappa shape index (κ2) is 6.85. The third-order valence-corrected chi connectivity index (χ3v) is 4.20. The van der Waals surface area contributed by atoms with Crippen molar-refractivity contribution < 1.29 is 20.4 Å². The van der Waals surface area contributed by atoms with Gasteiger partial charge in [-0.2, -0.15) is 35.4 Å². The second-order valence-electron chi connectivity index (χ2n) is 5.78. The third kappa shape index (κ3) is 3.92. The number of hydrogen-bond donors (Lipinski definition) is 1. The maximum absolute atomic E-state index is 6.35. The van der Waals surface area contributed by atoms with Gasteiger partial charge < -0.3 is 5.73 Å². The van der Waals surface area contributed by atoms with Gasteiger partial charge in [0, 0.05) is 26.0 Å². The van der Waals surface area contributed by atoms with Crippen LogP contribution in [0.2, 0.25) is 0 Å². The average Bonchev–Trinajstić information content (AvgIpc) is 2.52. The van der Waals surface area contributed by atoms with Gasteiger partial charge in [-0.05, 0) is 32.1 Å². The molecular weight excluding hydrogens is 392 g/mol. The minimum atomic E-state index is -0.0220. The fourth-order valence-electron chi connectivity index (χ4n) is 2.87. The number of nitrogens with two attached hydrogens (primary N) is 1. The van der Waals surface area contributed by atoms with Crippen LogP contribution in [0.1, 0.15) is 63.0 Å². The Bertz CT molecular complexity index is 373. The molecule has 2 unspecified atom stereocenters. The SMILES string of the molecule is CCC(C)(N)CC1CCCCc2c[c-]ccc21.[Re]. The molecule has 2 atom stereocenters. The second-order valence-corrected chi connectivity index (χ2v) is 5.78. The first-order valence-electron chi connectivity index (χ1n) is 6.90. The summed E-state index contributed by atoms with van der Waals surface area (Å²) in [6.07, 6.45) is 7.33. The molecule has 101 valence electrons. The van der Waals surface area contributed by atoms with Gasteiger partial charge in [-0.3, -0.25) is 0 Å². The standard InChI is InChI=1S/C16H24N.Re/c1-3-16(2,17)12-14-10-5-4-8-13-9-6-7-11-15(13)14;/h7,9,11,14H,3-5,8,10,12,17H2,1-2H3;/q-1;. The fraction of sp³-hybridized carbons (Fsp3) is 0.625. The number of fused-ring (bicyclic) bond motifs is 1. The van der Waals surface area contributed by atoms with E-state index in [0.29, 0.717) is 5.92 Å². The van der Waals surface area contributed by atoms with E-state index in [1.165, 1.54) is 36.8 Å². The molecule has 0 aromatic heterocycles. The Morgan fingerprint density at radius 2 is 2.22 bits per heavy atom. The van der Waals surface area contributed by atoms with Gasteiger partial charge in [0.05, 0.1) is 0 Å². The van der Waals surface area contributed by atoms with E-state index in [2.05, 4.69) is 38.1 Å². The Morgan fingerprint density at radius 1 is 1.44 bits per heavy atom. The summed E-state index contributed by atoms with van der Waals surface area (Å²) in [6.45, 7) is 4.38. The molecule has 2 heteroatoms. The van der Waals surface area contributed by atoms with Gasteiger partial charge in [0.2, 0.25) is 0 Å². The number of rotatable bonds is 3. The van der Waals surface area contributed by atoms with Crippen LogP contribution in [0, 0.1) is 6.07 Å². The molecule has 0 saturated carbocycles. The molecule has 0 bridgehead atoms. The molecule has 0 spiro atoms. The fourth-order valence-corrected chi connectivity index (χ4v) is 2.87. The van der Waals surface area contributed by atoms with Crippen LogP contribution in [-0.2, 0) is 26.8 Å². The molecule has 1 aliphatic carbocycles. The van der Waals surface area contributed by atoms with Crippen molar-refractivity contribution in [1.82, 2.24) is 0 Å². The number of hydrogen-bond acceptors (Lipinski definition) is 1. The summed E-state index contributed by atoms with van der Waals surface area (Å²) in [6, 6.07) is 9.70. The van der Waals surface area contributed by atoms with Crippen LogP contribution in [-0.4, -0.2) is 5.54 Å². The molecule has 2 rings (SSSR count). The molecule has 0 saturated heterocycles. The van der Waals surface area contributed by atoms with Crippen molar-refractivity contribution in [2.24, 2.45) is 5.73 Å². The Balaban J connectivity index is 0.00000162. The maximum Gasteiger partial charge on any atom is 0.0128 e. The van der Waals surface area contributed by atoms with Gasteiger partial charge in [-0.15, -0.1) is 0 Å². The summed E-state index contributed by atoms with van der Waals surface area (Å²) in [4.78, 5) is 0. The van der Waals surface area contributed by atoms with Crippen LogP contribution >= 0.6 is 0 Å². The quantitative estimate of drug-likeness (QED) is 0.589. The molecule has 1 aliphatic rings. The molecule has 0 amide bonds. The molecular formula is C16H24NRe-. The topological polar surface area (TPSA) is 26.0 Å². The Hall–Kier alpha value is -0.158. The van der Waals surface area contributed by atoms with E-state index in [-0.39, 0.29) is 26.0 Å². The summed E-state index contributed by atoms with van der Waals surface area (Å²) >= 11 is 0. The molecule has 1 radical (unpaired) electrons. The molecule has 0 aliphatic heterocycles. The van der Waals surface area contributed by atoms with Crippen LogP contribution in [0.3, 0.4) is 0 Å². The van der Waals surface area contributed by atoms with Crippen molar-refractivity contribution in [3.63, 3.8) is 0 Å². The van der Waals surface area contributed by atoms with Crippen LogP contribution < -0.4 is 5.73 Å². The zero-order valence-corrected chi connectivity index (χ0v) is 14.2. The smallest absolute Gasteiger partial charge is 0.0128 e. The van der Waals surface area contributed by atoms with Gasteiger partial charge >= 0.3 is 0 Å². The summed E-state index contributed by atoms with van der Waals surface area (Å²) < 4.78 is 0. The minimum Gasteiger partial charge on any atom is -0.325 e. The van der Waals surface area contributed by atoms with Crippen molar-refractivity contribution in [1.29, 1.82) is 0 Å². The van der Waals surface area contributed by atoms with E-state index >= 15 is 0 Å². The molecule has 0 fully saturated rings. The molecule has 1 nitrogen and oxygen atoms in total. The predicted molar refractivity (Wildman–Crippen MR) is 73.1 cm³/mol. The van der Waals surface area contributed by atoms with E-state index in [4.69, 9.17) is 5.73 Å². The van der Waals surface area contributed by atoms with E-state index in [0.717, 1.165) is 12.8 Å². The van der Waals surface area contributed by atoms with Crippen LogP contribution in [0.15, 0.2) is 18.2 Å². The van der Waals surface area contributed by atoms with Gasteiger partial charge in [0.1, 0.15) is 0 Å². The summed E-state index contributed by atoms with van der Waals surface area (Å²) in [5.41, 5.74) is 9.36. The molecule has 18 heavy (non-hydrogen) atoms. The zero-order valence-electron chi connectivity index (χ0n) is 11.5. The van der Waals surface area contributed by atoms with Crippen LogP contribution in [0.5, 0.6) is 0 Å². The van der Waals surface area contributed by atoms with Crippen molar-refractivity contribution >= 4 is 0 Å². The van der Waals surface area contributed by atoms with Crippen molar-refractivity contribution in [3.05, 3.63) is 35.4 Å². The summed E-state index contributed by atoms with van der Waals surface area (Å²) in [5.74, 6) is 0.650. The van der Waals surface area contributed by atoms with Crippen molar-refractivity contribution in [3.8, 4) is 0 Å².